The van der Waals surface area contributed by atoms with Gasteiger partial charge in [-0.25, -0.2) is 0 Å². The van der Waals surface area contributed by atoms with Gasteiger partial charge in [0, 0.05) is 16.3 Å². The molecule has 4 rings (SSSR count). The number of imide groups is 1. The van der Waals surface area contributed by atoms with Crippen molar-refractivity contribution in [3.63, 3.8) is 0 Å². The van der Waals surface area contributed by atoms with Gasteiger partial charge in [0.1, 0.15) is 0 Å². The standard InChI is InChI=1S/C25H26N2O5S/c28-22(26-20-12-6-7-13-21(20)33-17-8-2-1-3-9-17)16-32-23(29)14-15-27-24(30)18-10-4-5-11-19(18)25(27)31/h1-3,6-9,12-13,18-19H,4-5,10-11,14-16H2,(H,26,28). The zero-order valence-corrected chi connectivity index (χ0v) is 19.0. The molecule has 172 valence electrons. The van der Waals surface area contributed by atoms with Gasteiger partial charge < -0.3 is 10.1 Å². The molecule has 1 saturated carbocycles. The van der Waals surface area contributed by atoms with Crippen LogP contribution in [0, 0.1) is 11.8 Å². The number of likely N-dealkylation sites (tertiary alicyclic amines) is 1. The molecule has 2 fully saturated rings. The molecule has 1 aliphatic carbocycles. The van der Waals surface area contributed by atoms with Crippen LogP contribution in [0.1, 0.15) is 32.1 Å². The molecule has 0 aromatic heterocycles. The van der Waals surface area contributed by atoms with Crippen LogP contribution in [0.15, 0.2) is 64.4 Å². The predicted octanol–water partition coefficient (Wildman–Crippen LogP) is 3.88. The second-order valence-corrected chi connectivity index (χ2v) is 9.31. The van der Waals surface area contributed by atoms with E-state index in [1.54, 1.807) is 6.07 Å². The summed E-state index contributed by atoms with van der Waals surface area (Å²) in [5.74, 6) is -1.90. The van der Waals surface area contributed by atoms with Crippen LogP contribution in [0.3, 0.4) is 0 Å². The number of amides is 3. The van der Waals surface area contributed by atoms with Gasteiger partial charge in [-0.1, -0.05) is 54.9 Å². The minimum atomic E-state index is -0.618. The van der Waals surface area contributed by atoms with Gasteiger partial charge in [0.2, 0.25) is 11.8 Å². The summed E-state index contributed by atoms with van der Waals surface area (Å²) in [5, 5.41) is 2.78. The number of ether oxygens (including phenoxy) is 1. The Morgan fingerprint density at radius 1 is 0.939 bits per heavy atom. The van der Waals surface area contributed by atoms with Crippen molar-refractivity contribution in [1.29, 1.82) is 0 Å². The Hall–Kier alpha value is -3.13. The molecule has 2 atom stereocenters. The zero-order valence-electron chi connectivity index (χ0n) is 18.2. The molecule has 1 heterocycles. The fraction of sp³-hybridized carbons (Fsp3) is 0.360. The van der Waals surface area contributed by atoms with Crippen LogP contribution in [-0.2, 0) is 23.9 Å². The first kappa shape index (κ1) is 23.0. The number of hydrogen-bond donors (Lipinski definition) is 1. The molecular formula is C25H26N2O5S. The molecule has 3 amide bonds. The highest BCUT2D eigenvalue weighted by Crippen LogP contribution is 2.38. The average Bonchev–Trinajstić information content (AvgIpc) is 3.08. The number of esters is 1. The maximum Gasteiger partial charge on any atom is 0.308 e. The molecule has 0 spiro atoms. The molecule has 2 aromatic carbocycles. The van der Waals surface area contributed by atoms with E-state index in [9.17, 15) is 19.2 Å². The lowest BCUT2D eigenvalue weighted by Gasteiger charge is -2.19. The van der Waals surface area contributed by atoms with Gasteiger partial charge in [0.15, 0.2) is 6.61 Å². The van der Waals surface area contributed by atoms with Crippen molar-refractivity contribution in [1.82, 2.24) is 4.90 Å². The first-order valence-corrected chi connectivity index (χ1v) is 12.0. The first-order valence-electron chi connectivity index (χ1n) is 11.2. The van der Waals surface area contributed by atoms with E-state index in [0.717, 1.165) is 35.5 Å². The average molecular weight is 467 g/mol. The number of para-hydroxylation sites is 1. The summed E-state index contributed by atoms with van der Waals surface area (Å²) < 4.78 is 5.08. The summed E-state index contributed by atoms with van der Waals surface area (Å²) in [5.41, 5.74) is 0.628. The molecule has 1 saturated heterocycles. The van der Waals surface area contributed by atoms with E-state index in [4.69, 9.17) is 4.74 Å². The number of benzene rings is 2. The van der Waals surface area contributed by atoms with Crippen LogP contribution >= 0.6 is 11.8 Å². The third kappa shape index (κ3) is 5.63. The topological polar surface area (TPSA) is 92.8 Å². The first-order chi connectivity index (χ1) is 16.0. The molecule has 0 radical (unpaired) electrons. The number of carbonyl (C=O) groups is 4. The van der Waals surface area contributed by atoms with Crippen LogP contribution in [0.5, 0.6) is 0 Å². The maximum atomic E-state index is 12.5. The van der Waals surface area contributed by atoms with Crippen molar-refractivity contribution in [2.75, 3.05) is 18.5 Å². The highest BCUT2D eigenvalue weighted by Gasteiger charge is 2.47. The van der Waals surface area contributed by atoms with E-state index in [0.29, 0.717) is 5.69 Å². The fourth-order valence-electron chi connectivity index (χ4n) is 4.33. The van der Waals surface area contributed by atoms with Gasteiger partial charge in [-0.15, -0.1) is 0 Å². The van der Waals surface area contributed by atoms with Gasteiger partial charge in [0.05, 0.1) is 23.9 Å². The van der Waals surface area contributed by atoms with Crippen LogP contribution in [-0.4, -0.2) is 41.7 Å². The van der Waals surface area contributed by atoms with Gasteiger partial charge in [0.25, 0.3) is 5.91 Å². The lowest BCUT2D eigenvalue weighted by molar-refractivity contribution is -0.148. The van der Waals surface area contributed by atoms with E-state index >= 15 is 0 Å². The summed E-state index contributed by atoms with van der Waals surface area (Å²) in [6.45, 7) is -0.433. The summed E-state index contributed by atoms with van der Waals surface area (Å²) in [6, 6.07) is 17.2. The molecule has 0 bridgehead atoms. The lowest BCUT2D eigenvalue weighted by Crippen LogP contribution is -2.33. The van der Waals surface area contributed by atoms with E-state index in [1.807, 2.05) is 48.5 Å². The summed E-state index contributed by atoms with van der Waals surface area (Å²) >= 11 is 1.52. The molecule has 1 aliphatic heterocycles. The van der Waals surface area contributed by atoms with E-state index < -0.39 is 18.5 Å². The van der Waals surface area contributed by atoms with E-state index in [2.05, 4.69) is 5.32 Å². The smallest absolute Gasteiger partial charge is 0.308 e. The van der Waals surface area contributed by atoms with Gasteiger partial charge in [-0.3, -0.25) is 24.1 Å². The highest BCUT2D eigenvalue weighted by atomic mass is 32.2. The molecule has 7 nitrogen and oxygen atoms in total. The van der Waals surface area contributed by atoms with Crippen molar-refractivity contribution in [2.24, 2.45) is 11.8 Å². The van der Waals surface area contributed by atoms with E-state index in [1.165, 1.54) is 16.7 Å². The molecule has 8 heteroatoms. The van der Waals surface area contributed by atoms with Crippen molar-refractivity contribution >= 4 is 41.1 Å². The Kier molecular flexibility index (Phi) is 7.44. The Labute approximate surface area is 196 Å². The summed E-state index contributed by atoms with van der Waals surface area (Å²) in [6.07, 6.45) is 3.27. The number of fused-ring (bicyclic) bond motifs is 1. The molecule has 2 aromatic rings. The third-order valence-electron chi connectivity index (χ3n) is 5.97. The van der Waals surface area contributed by atoms with Crippen LogP contribution < -0.4 is 5.32 Å². The number of nitrogens with one attached hydrogen (secondary N) is 1. The Balaban J connectivity index is 1.25. The number of carbonyl (C=O) groups excluding carboxylic acids is 4. The SMILES string of the molecule is O=C(COC(=O)CCN1C(=O)C2CCCCC2C1=O)Nc1ccccc1Sc1ccccc1. The van der Waals surface area contributed by atoms with Gasteiger partial charge >= 0.3 is 5.97 Å². The molecule has 1 N–H and O–H groups in total. The Morgan fingerprint density at radius 3 is 2.27 bits per heavy atom. The number of hydrogen-bond acceptors (Lipinski definition) is 6. The minimum Gasteiger partial charge on any atom is -0.456 e. The van der Waals surface area contributed by atoms with Gasteiger partial charge in [-0.05, 0) is 37.1 Å². The van der Waals surface area contributed by atoms with Crippen molar-refractivity contribution in [2.45, 2.75) is 41.9 Å². The van der Waals surface area contributed by atoms with Gasteiger partial charge in [-0.2, -0.15) is 0 Å². The second kappa shape index (κ2) is 10.7. The Bertz CT molecular complexity index is 1020. The zero-order chi connectivity index (χ0) is 23.2. The molecule has 2 unspecified atom stereocenters. The number of anilines is 1. The van der Waals surface area contributed by atoms with Crippen molar-refractivity contribution < 1.29 is 23.9 Å². The van der Waals surface area contributed by atoms with Crippen molar-refractivity contribution in [3.8, 4) is 0 Å². The van der Waals surface area contributed by atoms with Crippen LogP contribution in [0.25, 0.3) is 0 Å². The van der Waals surface area contributed by atoms with Crippen molar-refractivity contribution in [3.05, 3.63) is 54.6 Å². The monoisotopic (exact) mass is 466 g/mol. The molecule has 33 heavy (non-hydrogen) atoms. The van der Waals surface area contributed by atoms with E-state index in [-0.39, 0.29) is 36.6 Å². The quantitative estimate of drug-likeness (QED) is 0.469. The summed E-state index contributed by atoms with van der Waals surface area (Å²) in [4.78, 5) is 52.5. The second-order valence-electron chi connectivity index (χ2n) is 8.20. The molecule has 2 aliphatic rings. The maximum absolute atomic E-state index is 12.5. The number of nitrogens with zero attached hydrogens (tertiary/aromatic N) is 1. The highest BCUT2D eigenvalue weighted by molar-refractivity contribution is 7.99. The normalized spacial score (nSPS) is 19.8. The van der Waals surface area contributed by atoms with Crippen LogP contribution in [0.2, 0.25) is 0 Å². The number of rotatable bonds is 8. The Morgan fingerprint density at radius 2 is 1.58 bits per heavy atom. The predicted molar refractivity (Wildman–Crippen MR) is 123 cm³/mol. The fourth-order valence-corrected chi connectivity index (χ4v) is 5.26. The third-order valence-corrected chi connectivity index (χ3v) is 7.05. The lowest BCUT2D eigenvalue weighted by atomic mass is 9.81. The molecular weight excluding hydrogens is 440 g/mol. The minimum absolute atomic E-state index is 0.00165. The van der Waals surface area contributed by atoms with Crippen LogP contribution in [0.4, 0.5) is 5.69 Å². The largest absolute Gasteiger partial charge is 0.456 e. The summed E-state index contributed by atoms with van der Waals surface area (Å²) in [7, 11) is 0.